The highest BCUT2D eigenvalue weighted by atomic mass is 35.5. The van der Waals surface area contributed by atoms with Crippen LogP contribution >= 0.6 is 35.0 Å². The summed E-state index contributed by atoms with van der Waals surface area (Å²) in [6, 6.07) is 6.95. The van der Waals surface area contributed by atoms with Crippen molar-refractivity contribution in [1.82, 2.24) is 10.2 Å². The van der Waals surface area contributed by atoms with Crippen molar-refractivity contribution in [2.45, 2.75) is 6.04 Å². The number of thioether (sulfide) groups is 1. The van der Waals surface area contributed by atoms with Crippen LogP contribution < -0.4 is 10.1 Å². The van der Waals surface area contributed by atoms with E-state index in [0.717, 1.165) is 30.2 Å². The summed E-state index contributed by atoms with van der Waals surface area (Å²) in [5.41, 5.74) is 1.07. The minimum atomic E-state index is -0.198. The zero-order valence-electron chi connectivity index (χ0n) is 14.1. The SMILES string of the molecule is O=C(COc1ccc(Cl)cc1Cl)NC[C@H](c1ccoc1)N1CCSCC1. The standard InChI is InChI=1S/C18H20Cl2N2O3S/c19-14-1-2-17(15(20)9-14)25-12-18(23)21-10-16(13-3-6-24-11-13)22-4-7-26-8-5-22/h1-3,6,9,11,16H,4-5,7-8,10,12H2,(H,21,23)/t16-/m1/s1. The number of rotatable bonds is 7. The van der Waals surface area contributed by atoms with E-state index in [1.165, 1.54) is 0 Å². The highest BCUT2D eigenvalue weighted by Crippen LogP contribution is 2.27. The van der Waals surface area contributed by atoms with Crippen LogP contribution in [0, 0.1) is 0 Å². The van der Waals surface area contributed by atoms with Crippen molar-refractivity contribution < 1.29 is 13.9 Å². The van der Waals surface area contributed by atoms with Crippen LogP contribution in [0.3, 0.4) is 0 Å². The Labute approximate surface area is 167 Å². The molecule has 0 saturated carbocycles. The number of hydrogen-bond donors (Lipinski definition) is 1. The van der Waals surface area contributed by atoms with Crippen LogP contribution in [-0.4, -0.2) is 48.6 Å². The van der Waals surface area contributed by atoms with Gasteiger partial charge < -0.3 is 14.5 Å². The molecule has 140 valence electrons. The lowest BCUT2D eigenvalue weighted by atomic mass is 10.1. The first-order valence-electron chi connectivity index (χ1n) is 8.32. The minimum absolute atomic E-state index is 0.0951. The van der Waals surface area contributed by atoms with E-state index >= 15 is 0 Å². The first-order valence-corrected chi connectivity index (χ1v) is 10.2. The second-order valence-corrected chi connectivity index (χ2v) is 7.96. The van der Waals surface area contributed by atoms with E-state index in [0.29, 0.717) is 22.3 Å². The topological polar surface area (TPSA) is 54.7 Å². The van der Waals surface area contributed by atoms with E-state index in [4.69, 9.17) is 32.4 Å². The van der Waals surface area contributed by atoms with Gasteiger partial charge in [-0.05, 0) is 24.3 Å². The smallest absolute Gasteiger partial charge is 0.258 e. The molecule has 0 bridgehead atoms. The molecule has 1 aliphatic heterocycles. The van der Waals surface area contributed by atoms with Crippen molar-refractivity contribution in [2.24, 2.45) is 0 Å². The number of amides is 1. The van der Waals surface area contributed by atoms with Crippen molar-refractivity contribution in [1.29, 1.82) is 0 Å². The maximum atomic E-state index is 12.2. The molecule has 0 unspecified atom stereocenters. The summed E-state index contributed by atoms with van der Waals surface area (Å²) in [4.78, 5) is 14.6. The van der Waals surface area contributed by atoms with Gasteiger partial charge in [-0.1, -0.05) is 23.2 Å². The molecule has 1 saturated heterocycles. The molecule has 2 aromatic rings. The van der Waals surface area contributed by atoms with Crippen molar-refractivity contribution in [2.75, 3.05) is 37.7 Å². The molecule has 3 rings (SSSR count). The van der Waals surface area contributed by atoms with Gasteiger partial charge in [0.25, 0.3) is 5.91 Å². The average Bonchev–Trinajstić information content (AvgIpc) is 3.16. The number of benzene rings is 1. The summed E-state index contributed by atoms with van der Waals surface area (Å²) in [7, 11) is 0. The Morgan fingerprint density at radius 3 is 2.81 bits per heavy atom. The maximum Gasteiger partial charge on any atom is 0.258 e. The Balaban J connectivity index is 1.53. The number of ether oxygens (including phenoxy) is 1. The van der Waals surface area contributed by atoms with Gasteiger partial charge in [0.15, 0.2) is 6.61 Å². The molecular weight excluding hydrogens is 395 g/mol. The molecule has 0 aliphatic carbocycles. The lowest BCUT2D eigenvalue weighted by molar-refractivity contribution is -0.123. The number of halogens is 2. The van der Waals surface area contributed by atoms with Crippen LogP contribution in [0.5, 0.6) is 5.75 Å². The Bertz CT molecular complexity index is 721. The third kappa shape index (κ3) is 5.33. The molecule has 1 aliphatic rings. The Kier molecular flexibility index (Phi) is 7.14. The summed E-state index contributed by atoms with van der Waals surface area (Å²) in [6.45, 7) is 2.39. The zero-order valence-corrected chi connectivity index (χ0v) is 16.4. The molecule has 5 nitrogen and oxygen atoms in total. The summed E-state index contributed by atoms with van der Waals surface area (Å²) in [6.07, 6.45) is 3.40. The van der Waals surface area contributed by atoms with Gasteiger partial charge in [-0.15, -0.1) is 0 Å². The van der Waals surface area contributed by atoms with Crippen molar-refractivity contribution >= 4 is 40.9 Å². The number of nitrogens with one attached hydrogen (secondary N) is 1. The first-order chi connectivity index (χ1) is 12.6. The lowest BCUT2D eigenvalue weighted by Crippen LogP contribution is -2.42. The van der Waals surface area contributed by atoms with E-state index in [2.05, 4.69) is 10.2 Å². The zero-order chi connectivity index (χ0) is 18.4. The summed E-state index contributed by atoms with van der Waals surface area (Å²) in [5.74, 6) is 2.43. The van der Waals surface area contributed by atoms with Gasteiger partial charge >= 0.3 is 0 Å². The highest BCUT2D eigenvalue weighted by molar-refractivity contribution is 7.99. The predicted octanol–water partition coefficient (Wildman–Crippen LogP) is 3.87. The molecule has 0 radical (unpaired) electrons. The molecule has 1 aromatic carbocycles. The van der Waals surface area contributed by atoms with Crippen LogP contribution in [0.1, 0.15) is 11.6 Å². The van der Waals surface area contributed by atoms with Gasteiger partial charge in [0.2, 0.25) is 0 Å². The second kappa shape index (κ2) is 9.55. The fraction of sp³-hybridized carbons (Fsp3) is 0.389. The van der Waals surface area contributed by atoms with E-state index in [9.17, 15) is 4.79 Å². The number of hydrogen-bond acceptors (Lipinski definition) is 5. The molecule has 1 atom stereocenters. The normalized spacial score (nSPS) is 16.2. The monoisotopic (exact) mass is 414 g/mol. The predicted molar refractivity (Wildman–Crippen MR) is 105 cm³/mol. The van der Waals surface area contributed by atoms with Crippen molar-refractivity contribution in [3.05, 3.63) is 52.4 Å². The molecule has 26 heavy (non-hydrogen) atoms. The summed E-state index contributed by atoms with van der Waals surface area (Å²) < 4.78 is 10.7. The Morgan fingerprint density at radius 1 is 1.31 bits per heavy atom. The number of furan rings is 1. The van der Waals surface area contributed by atoms with Gasteiger partial charge in [-0.3, -0.25) is 9.69 Å². The molecular formula is C18H20Cl2N2O3S. The van der Waals surface area contributed by atoms with Gasteiger partial charge in [0.1, 0.15) is 5.75 Å². The van der Waals surface area contributed by atoms with Crippen LogP contribution in [0.4, 0.5) is 0 Å². The third-order valence-electron chi connectivity index (χ3n) is 4.16. The molecule has 8 heteroatoms. The van der Waals surface area contributed by atoms with Gasteiger partial charge in [-0.25, -0.2) is 0 Å². The molecule has 2 heterocycles. The molecule has 1 aromatic heterocycles. The van der Waals surface area contributed by atoms with Crippen LogP contribution in [0.25, 0.3) is 0 Å². The van der Waals surface area contributed by atoms with Gasteiger partial charge in [0, 0.05) is 41.7 Å². The average molecular weight is 415 g/mol. The van der Waals surface area contributed by atoms with E-state index in [-0.39, 0.29) is 18.6 Å². The molecule has 1 N–H and O–H groups in total. The largest absolute Gasteiger partial charge is 0.482 e. The molecule has 0 spiro atoms. The molecule has 1 fully saturated rings. The van der Waals surface area contributed by atoms with Crippen molar-refractivity contribution in [3.63, 3.8) is 0 Å². The first kappa shape index (κ1) is 19.4. The summed E-state index contributed by atoms with van der Waals surface area (Å²) >= 11 is 13.9. The van der Waals surface area contributed by atoms with Crippen molar-refractivity contribution in [3.8, 4) is 5.75 Å². The Morgan fingerprint density at radius 2 is 2.12 bits per heavy atom. The quantitative estimate of drug-likeness (QED) is 0.744. The Hall–Kier alpha value is -1.34. The fourth-order valence-corrected chi connectivity index (χ4v) is 4.20. The van der Waals surface area contributed by atoms with E-state index < -0.39 is 0 Å². The lowest BCUT2D eigenvalue weighted by Gasteiger charge is -2.33. The molecule has 1 amide bonds. The van der Waals surface area contributed by atoms with E-state index in [1.807, 2.05) is 17.8 Å². The second-order valence-electron chi connectivity index (χ2n) is 5.89. The van der Waals surface area contributed by atoms with Crippen LogP contribution in [-0.2, 0) is 4.79 Å². The fourth-order valence-electron chi connectivity index (χ4n) is 2.81. The maximum absolute atomic E-state index is 12.2. The summed E-state index contributed by atoms with van der Waals surface area (Å²) in [5, 5.41) is 3.85. The number of carbonyl (C=O) groups is 1. The highest BCUT2D eigenvalue weighted by Gasteiger charge is 2.24. The number of nitrogens with zero attached hydrogens (tertiary/aromatic N) is 1. The van der Waals surface area contributed by atoms with Crippen LogP contribution in [0.15, 0.2) is 41.2 Å². The van der Waals surface area contributed by atoms with E-state index in [1.54, 1.807) is 30.7 Å². The van der Waals surface area contributed by atoms with Crippen LogP contribution in [0.2, 0.25) is 10.0 Å². The van der Waals surface area contributed by atoms with Gasteiger partial charge in [0.05, 0.1) is 23.6 Å². The minimum Gasteiger partial charge on any atom is -0.482 e. The third-order valence-corrected chi connectivity index (χ3v) is 5.63. The number of carbonyl (C=O) groups excluding carboxylic acids is 1. The van der Waals surface area contributed by atoms with Gasteiger partial charge in [-0.2, -0.15) is 11.8 Å².